The smallest absolute Gasteiger partial charge is 0.326 e. The molecule has 0 aromatic heterocycles. The molecule has 1 atom stereocenters. The highest BCUT2D eigenvalue weighted by Gasteiger charge is 2.50. The van der Waals surface area contributed by atoms with Gasteiger partial charge in [-0.25, -0.2) is 0 Å². The van der Waals surface area contributed by atoms with Crippen molar-refractivity contribution in [1.29, 1.82) is 0 Å². The Hall–Kier alpha value is -2.21. The van der Waals surface area contributed by atoms with E-state index in [-0.39, 0.29) is 25.4 Å². The maximum Gasteiger partial charge on any atom is 0.326 e. The van der Waals surface area contributed by atoms with Gasteiger partial charge in [-0.05, 0) is 19.9 Å². The number of fused-ring (bicyclic) bond motifs is 1. The van der Waals surface area contributed by atoms with E-state index in [9.17, 15) is 19.5 Å². The number of carbonyl (C=O) groups is 3. The summed E-state index contributed by atoms with van der Waals surface area (Å²) in [5, 5.41) is 10.6. The lowest BCUT2D eigenvalue weighted by Gasteiger charge is -2.21. The average Bonchev–Trinajstić information content (AvgIpc) is 2.61. The van der Waals surface area contributed by atoms with Crippen molar-refractivity contribution in [2.24, 2.45) is 0 Å². The van der Waals surface area contributed by atoms with Gasteiger partial charge >= 0.3 is 5.97 Å². The Labute approximate surface area is 122 Å². The highest BCUT2D eigenvalue weighted by atomic mass is 16.5. The van der Waals surface area contributed by atoms with Gasteiger partial charge in [-0.3, -0.25) is 19.3 Å². The Morgan fingerprint density at radius 1 is 1.33 bits per heavy atom. The van der Waals surface area contributed by atoms with Gasteiger partial charge in [0.25, 0.3) is 5.91 Å². The maximum atomic E-state index is 12.5. The number of hydrogen-bond acceptors (Lipinski definition) is 5. The van der Waals surface area contributed by atoms with Crippen LogP contribution in [-0.2, 0) is 24.7 Å². The van der Waals surface area contributed by atoms with E-state index in [1.165, 1.54) is 6.92 Å². The molecule has 6 nitrogen and oxygen atoms in total. The number of carbonyl (C=O) groups excluding carboxylic acids is 3. The summed E-state index contributed by atoms with van der Waals surface area (Å²) in [6.07, 6.45) is -0.317. The fraction of sp³-hybridized carbons (Fsp3) is 0.400. The first-order valence-corrected chi connectivity index (χ1v) is 6.69. The normalized spacial score (nSPS) is 20.3. The van der Waals surface area contributed by atoms with Gasteiger partial charge in [0.1, 0.15) is 12.3 Å². The van der Waals surface area contributed by atoms with Gasteiger partial charge in [0.05, 0.1) is 12.3 Å². The van der Waals surface area contributed by atoms with Crippen LogP contribution in [-0.4, -0.2) is 35.9 Å². The van der Waals surface area contributed by atoms with Crippen LogP contribution in [0.4, 0.5) is 5.69 Å². The number of rotatable bonds is 5. The summed E-state index contributed by atoms with van der Waals surface area (Å²) in [5.74, 6) is -1.54. The number of ketones is 1. The van der Waals surface area contributed by atoms with Gasteiger partial charge in [-0.1, -0.05) is 18.2 Å². The van der Waals surface area contributed by atoms with E-state index in [4.69, 9.17) is 4.74 Å². The first kappa shape index (κ1) is 15.2. The molecule has 6 heteroatoms. The second kappa shape index (κ2) is 5.65. The molecule has 1 aromatic carbocycles. The number of benzene rings is 1. The lowest BCUT2D eigenvalue weighted by atomic mass is 9.90. The standard InChI is InChI=1S/C15H17NO5/c1-3-21-13(18)9-16-12-7-5-4-6-11(12)15(20,14(16)19)8-10(2)17/h4-7,20H,3,8-9H2,1-2H3/t15-/m1/s1. The van der Waals surface area contributed by atoms with Crippen molar-refractivity contribution in [2.45, 2.75) is 25.9 Å². The number of anilines is 1. The summed E-state index contributed by atoms with van der Waals surface area (Å²) in [7, 11) is 0. The summed E-state index contributed by atoms with van der Waals surface area (Å²) in [5.41, 5.74) is -1.14. The molecule has 1 aliphatic rings. The molecule has 0 bridgehead atoms. The number of Topliss-reactive ketones (excluding diaryl/α,β-unsaturated/α-hetero) is 1. The van der Waals surface area contributed by atoms with Gasteiger partial charge < -0.3 is 9.84 Å². The van der Waals surface area contributed by atoms with E-state index in [0.717, 1.165) is 4.90 Å². The molecule has 0 aliphatic carbocycles. The lowest BCUT2D eigenvalue weighted by molar-refractivity contribution is -0.145. The molecule has 21 heavy (non-hydrogen) atoms. The van der Waals surface area contributed by atoms with Crippen LogP contribution in [0.2, 0.25) is 0 Å². The summed E-state index contributed by atoms with van der Waals surface area (Å²) in [6, 6.07) is 6.58. The fourth-order valence-corrected chi connectivity index (χ4v) is 2.53. The van der Waals surface area contributed by atoms with Crippen molar-refractivity contribution in [3.8, 4) is 0 Å². The van der Waals surface area contributed by atoms with E-state index in [1.54, 1.807) is 31.2 Å². The molecule has 1 aromatic rings. The number of amides is 1. The minimum atomic E-state index is -1.91. The predicted molar refractivity (Wildman–Crippen MR) is 74.6 cm³/mol. The van der Waals surface area contributed by atoms with Gasteiger partial charge in [-0.15, -0.1) is 0 Å². The molecule has 1 aliphatic heterocycles. The molecular formula is C15H17NO5. The quantitative estimate of drug-likeness (QED) is 0.810. The Morgan fingerprint density at radius 3 is 2.62 bits per heavy atom. The Balaban J connectivity index is 2.39. The fourth-order valence-electron chi connectivity index (χ4n) is 2.53. The van der Waals surface area contributed by atoms with Crippen LogP contribution in [0, 0.1) is 0 Å². The van der Waals surface area contributed by atoms with Crippen LogP contribution < -0.4 is 4.90 Å². The van der Waals surface area contributed by atoms with Crippen LogP contribution in [0.3, 0.4) is 0 Å². The summed E-state index contributed by atoms with van der Waals surface area (Å²) >= 11 is 0. The Kier molecular flexibility index (Phi) is 4.09. The molecule has 1 heterocycles. The Morgan fingerprint density at radius 2 is 2.00 bits per heavy atom. The third-order valence-corrected chi connectivity index (χ3v) is 3.34. The van der Waals surface area contributed by atoms with Crippen LogP contribution in [0.25, 0.3) is 0 Å². The summed E-state index contributed by atoms with van der Waals surface area (Å²) < 4.78 is 4.84. The lowest BCUT2D eigenvalue weighted by Crippen LogP contribution is -2.43. The van der Waals surface area contributed by atoms with E-state index >= 15 is 0 Å². The minimum absolute atomic E-state index is 0.209. The van der Waals surface area contributed by atoms with Gasteiger partial charge in [0.2, 0.25) is 0 Å². The minimum Gasteiger partial charge on any atom is -0.465 e. The Bertz CT molecular complexity index is 597. The maximum absolute atomic E-state index is 12.5. The van der Waals surface area contributed by atoms with Crippen molar-refractivity contribution in [1.82, 2.24) is 0 Å². The van der Waals surface area contributed by atoms with Crippen molar-refractivity contribution in [2.75, 3.05) is 18.1 Å². The molecule has 2 rings (SSSR count). The molecule has 1 amide bonds. The van der Waals surface area contributed by atoms with Gasteiger partial charge in [0.15, 0.2) is 5.60 Å². The second-order valence-electron chi connectivity index (χ2n) is 4.95. The number of hydrogen-bond donors (Lipinski definition) is 1. The highest BCUT2D eigenvalue weighted by Crippen LogP contribution is 2.42. The average molecular weight is 291 g/mol. The highest BCUT2D eigenvalue weighted by molar-refractivity contribution is 6.10. The number of ether oxygens (including phenoxy) is 1. The van der Waals surface area contributed by atoms with Gasteiger partial charge in [0, 0.05) is 12.0 Å². The van der Waals surface area contributed by atoms with Gasteiger partial charge in [-0.2, -0.15) is 0 Å². The molecule has 112 valence electrons. The summed E-state index contributed by atoms with van der Waals surface area (Å²) in [4.78, 5) is 36.6. The monoisotopic (exact) mass is 291 g/mol. The van der Waals surface area contributed by atoms with Crippen LogP contribution in [0.5, 0.6) is 0 Å². The van der Waals surface area contributed by atoms with Crippen LogP contribution in [0.15, 0.2) is 24.3 Å². The van der Waals surface area contributed by atoms with E-state index in [1.807, 2.05) is 0 Å². The molecule has 0 radical (unpaired) electrons. The van der Waals surface area contributed by atoms with Crippen LogP contribution in [0.1, 0.15) is 25.8 Å². The second-order valence-corrected chi connectivity index (χ2v) is 4.95. The van der Waals surface area contributed by atoms with E-state index < -0.39 is 17.5 Å². The zero-order valence-corrected chi connectivity index (χ0v) is 12.0. The van der Waals surface area contributed by atoms with Crippen molar-refractivity contribution in [3.05, 3.63) is 29.8 Å². The first-order chi connectivity index (χ1) is 9.90. The molecular weight excluding hydrogens is 274 g/mol. The SMILES string of the molecule is CCOC(=O)CN1C(=O)[C@@](O)(CC(C)=O)c2ccccc21. The first-order valence-electron chi connectivity index (χ1n) is 6.69. The number of esters is 1. The molecule has 0 saturated carbocycles. The molecule has 0 spiro atoms. The zero-order chi connectivity index (χ0) is 15.6. The van der Waals surface area contributed by atoms with Crippen molar-refractivity contribution in [3.63, 3.8) is 0 Å². The molecule has 1 N–H and O–H groups in total. The third kappa shape index (κ3) is 2.67. The third-order valence-electron chi connectivity index (χ3n) is 3.34. The topological polar surface area (TPSA) is 83.9 Å². The predicted octanol–water partition coefficient (Wildman–Crippen LogP) is 0.763. The largest absolute Gasteiger partial charge is 0.465 e. The van der Waals surface area contributed by atoms with E-state index in [0.29, 0.717) is 11.3 Å². The number of para-hydroxylation sites is 1. The number of nitrogens with zero attached hydrogens (tertiary/aromatic N) is 1. The molecule has 0 saturated heterocycles. The summed E-state index contributed by atoms with van der Waals surface area (Å²) in [6.45, 7) is 2.90. The molecule has 0 fully saturated rings. The van der Waals surface area contributed by atoms with Crippen molar-refractivity contribution >= 4 is 23.3 Å². The molecule has 0 unspecified atom stereocenters. The zero-order valence-electron chi connectivity index (χ0n) is 12.0. The van der Waals surface area contributed by atoms with E-state index in [2.05, 4.69) is 0 Å². The number of aliphatic hydroxyl groups is 1. The van der Waals surface area contributed by atoms with Crippen molar-refractivity contribution < 1.29 is 24.2 Å². The van der Waals surface area contributed by atoms with Crippen LogP contribution >= 0.6 is 0 Å².